The lowest BCUT2D eigenvalue weighted by molar-refractivity contribution is 1.18. The molecule has 4 nitrogen and oxygen atoms in total. The van der Waals surface area contributed by atoms with Crippen LogP contribution in [-0.2, 0) is 0 Å². The summed E-state index contributed by atoms with van der Waals surface area (Å²) in [6.07, 6.45) is 1.87. The highest BCUT2D eigenvalue weighted by molar-refractivity contribution is 6.13. The van der Waals surface area contributed by atoms with Crippen LogP contribution >= 0.6 is 0 Å². The zero-order chi connectivity index (χ0) is 26.2. The Morgan fingerprint density at radius 2 is 1.18 bits per heavy atom. The van der Waals surface area contributed by atoms with E-state index in [2.05, 4.69) is 124 Å². The lowest BCUT2D eigenvalue weighted by Crippen LogP contribution is -1.95. The first-order valence-electron chi connectivity index (χ1n) is 13.5. The minimum atomic E-state index is 0.938. The number of aromatic nitrogens is 4. The van der Waals surface area contributed by atoms with Crippen LogP contribution in [0.15, 0.2) is 134 Å². The van der Waals surface area contributed by atoms with Crippen molar-refractivity contribution < 1.29 is 0 Å². The van der Waals surface area contributed by atoms with E-state index in [4.69, 9.17) is 9.97 Å². The van der Waals surface area contributed by atoms with Gasteiger partial charge in [-0.25, -0.2) is 4.98 Å². The number of fused-ring (bicyclic) bond motifs is 11. The molecule has 9 rings (SSSR count). The molecule has 0 aliphatic heterocycles. The number of pyridine rings is 2. The molecule has 0 saturated heterocycles. The molecule has 0 atom stereocenters. The van der Waals surface area contributed by atoms with Gasteiger partial charge in [-0.1, -0.05) is 72.8 Å². The van der Waals surface area contributed by atoms with E-state index in [9.17, 15) is 0 Å². The van der Waals surface area contributed by atoms with Crippen LogP contribution < -0.4 is 0 Å². The van der Waals surface area contributed by atoms with E-state index < -0.39 is 0 Å². The number of benzene rings is 5. The van der Waals surface area contributed by atoms with Crippen molar-refractivity contribution in [3.8, 4) is 16.8 Å². The summed E-state index contributed by atoms with van der Waals surface area (Å²) in [5.74, 6) is 0. The van der Waals surface area contributed by atoms with Crippen LogP contribution in [0.4, 0.5) is 0 Å². The first-order valence-corrected chi connectivity index (χ1v) is 13.5. The summed E-state index contributed by atoms with van der Waals surface area (Å²) in [7, 11) is 0. The predicted octanol–water partition coefficient (Wildman–Crippen LogP) is 8.95. The van der Waals surface area contributed by atoms with Gasteiger partial charge in [-0.05, 0) is 65.7 Å². The van der Waals surface area contributed by atoms with Gasteiger partial charge in [-0.3, -0.25) is 9.38 Å². The maximum Gasteiger partial charge on any atom is 0.147 e. The maximum atomic E-state index is 5.02. The number of hydrogen-bond acceptors (Lipinski definition) is 2. The Balaban J connectivity index is 1.32. The molecule has 4 heterocycles. The minimum absolute atomic E-state index is 0.938. The molecule has 0 aliphatic carbocycles. The van der Waals surface area contributed by atoms with Gasteiger partial charge in [0, 0.05) is 33.4 Å². The molecule has 0 bridgehead atoms. The highest BCUT2D eigenvalue weighted by Gasteiger charge is 2.16. The fraction of sp³-hybridized carbons (Fsp3) is 0. The first kappa shape index (κ1) is 21.5. The van der Waals surface area contributed by atoms with Crippen molar-refractivity contribution in [3.05, 3.63) is 134 Å². The summed E-state index contributed by atoms with van der Waals surface area (Å²) in [6.45, 7) is 0. The van der Waals surface area contributed by atoms with E-state index in [1.54, 1.807) is 0 Å². The van der Waals surface area contributed by atoms with E-state index in [-0.39, 0.29) is 0 Å². The molecule has 0 radical (unpaired) electrons. The average Bonchev–Trinajstić information content (AvgIpc) is 3.58. The molecule has 186 valence electrons. The van der Waals surface area contributed by atoms with Crippen LogP contribution in [-0.4, -0.2) is 18.9 Å². The molecule has 40 heavy (non-hydrogen) atoms. The van der Waals surface area contributed by atoms with Gasteiger partial charge in [0.1, 0.15) is 5.65 Å². The second kappa shape index (κ2) is 8.01. The van der Waals surface area contributed by atoms with E-state index in [1.165, 1.54) is 27.4 Å². The second-order valence-corrected chi connectivity index (χ2v) is 10.3. The first-order chi connectivity index (χ1) is 19.8. The van der Waals surface area contributed by atoms with E-state index in [1.807, 2.05) is 18.3 Å². The highest BCUT2D eigenvalue weighted by Crippen LogP contribution is 2.36. The van der Waals surface area contributed by atoms with Crippen LogP contribution in [0.2, 0.25) is 0 Å². The van der Waals surface area contributed by atoms with Gasteiger partial charge >= 0.3 is 0 Å². The van der Waals surface area contributed by atoms with Crippen LogP contribution in [0.1, 0.15) is 0 Å². The molecule has 0 fully saturated rings. The Bertz CT molecular complexity index is 2390. The molecule has 0 amide bonds. The van der Waals surface area contributed by atoms with Crippen molar-refractivity contribution in [2.45, 2.75) is 0 Å². The molecule has 0 N–H and O–H groups in total. The zero-order valence-electron chi connectivity index (χ0n) is 21.5. The fourth-order valence-corrected chi connectivity index (χ4v) is 6.37. The smallest absolute Gasteiger partial charge is 0.147 e. The zero-order valence-corrected chi connectivity index (χ0v) is 21.5. The molecule has 0 spiro atoms. The van der Waals surface area contributed by atoms with Gasteiger partial charge in [-0.2, -0.15) is 0 Å². The number of imidazole rings is 1. The molecular formula is C36H22N4. The topological polar surface area (TPSA) is 35.1 Å². The highest BCUT2D eigenvalue weighted by atomic mass is 15.0. The number of rotatable bonds is 2. The number of para-hydroxylation sites is 4. The van der Waals surface area contributed by atoms with Crippen molar-refractivity contribution in [1.29, 1.82) is 0 Å². The monoisotopic (exact) mass is 510 g/mol. The summed E-state index contributed by atoms with van der Waals surface area (Å²) in [6, 6.07) is 45.3. The summed E-state index contributed by atoms with van der Waals surface area (Å²) < 4.78 is 4.66. The number of nitrogens with zero attached hydrogens (tertiary/aromatic N) is 4. The van der Waals surface area contributed by atoms with Gasteiger partial charge in [0.2, 0.25) is 0 Å². The lowest BCUT2D eigenvalue weighted by Gasteiger charge is -2.12. The van der Waals surface area contributed by atoms with Gasteiger partial charge in [0.15, 0.2) is 0 Å². The summed E-state index contributed by atoms with van der Waals surface area (Å²) in [5, 5.41) is 4.71. The van der Waals surface area contributed by atoms with Gasteiger partial charge in [-0.15, -0.1) is 0 Å². The standard InChI is InChI=1S/C36H22N4/c1-4-15-31-26(11-1)27-12-2-5-16-32(27)39(31)25-10-7-9-23(21-25)24-18-19-28-34(22-24)40-33-17-6-3-14-30(33)38-36(40)29-13-8-20-37-35(28)29/h1-22H. The van der Waals surface area contributed by atoms with Crippen LogP contribution in [0.5, 0.6) is 0 Å². The van der Waals surface area contributed by atoms with Crippen molar-refractivity contribution in [2.75, 3.05) is 0 Å². The van der Waals surface area contributed by atoms with Crippen LogP contribution in [0.25, 0.3) is 77.1 Å². The molecule has 4 heteroatoms. The largest absolute Gasteiger partial charge is 0.309 e. The van der Waals surface area contributed by atoms with E-state index in [0.717, 1.165) is 49.7 Å². The third-order valence-electron chi connectivity index (χ3n) is 8.12. The lowest BCUT2D eigenvalue weighted by atomic mass is 10.0. The predicted molar refractivity (Wildman–Crippen MR) is 165 cm³/mol. The quantitative estimate of drug-likeness (QED) is 0.218. The Labute approximate surface area is 229 Å². The van der Waals surface area contributed by atoms with Gasteiger partial charge in [0.25, 0.3) is 0 Å². The van der Waals surface area contributed by atoms with Crippen LogP contribution in [0.3, 0.4) is 0 Å². The van der Waals surface area contributed by atoms with Gasteiger partial charge in [0.05, 0.1) is 33.1 Å². The molecule has 0 unspecified atom stereocenters. The van der Waals surface area contributed by atoms with E-state index >= 15 is 0 Å². The Kier molecular flexibility index (Phi) is 4.30. The summed E-state index contributed by atoms with van der Waals surface area (Å²) >= 11 is 0. The molecule has 5 aromatic carbocycles. The van der Waals surface area contributed by atoms with Crippen molar-refractivity contribution in [1.82, 2.24) is 18.9 Å². The van der Waals surface area contributed by atoms with Crippen molar-refractivity contribution >= 4 is 60.3 Å². The fourth-order valence-electron chi connectivity index (χ4n) is 6.37. The molecule has 0 saturated carbocycles. The Morgan fingerprint density at radius 1 is 0.475 bits per heavy atom. The van der Waals surface area contributed by atoms with E-state index in [0.29, 0.717) is 0 Å². The summed E-state index contributed by atoms with van der Waals surface area (Å²) in [5.41, 5.74) is 11.0. The third-order valence-corrected chi connectivity index (χ3v) is 8.12. The minimum Gasteiger partial charge on any atom is -0.309 e. The second-order valence-electron chi connectivity index (χ2n) is 10.3. The normalized spacial score (nSPS) is 12.0. The maximum absolute atomic E-state index is 5.02. The number of hydrogen-bond donors (Lipinski definition) is 0. The van der Waals surface area contributed by atoms with Crippen LogP contribution in [0, 0.1) is 0 Å². The average molecular weight is 511 g/mol. The third kappa shape index (κ3) is 2.90. The molecule has 9 aromatic rings. The Morgan fingerprint density at radius 3 is 2.00 bits per heavy atom. The van der Waals surface area contributed by atoms with Crippen molar-refractivity contribution in [2.24, 2.45) is 0 Å². The molecule has 4 aromatic heterocycles. The van der Waals surface area contributed by atoms with Crippen molar-refractivity contribution in [3.63, 3.8) is 0 Å². The Hall–Kier alpha value is -5.48. The SMILES string of the molecule is c1cc(-c2ccc3c4ncccc4c4nc5ccccc5n4c3c2)cc(-n2c3ccccc3c3ccccc32)c1. The van der Waals surface area contributed by atoms with Gasteiger partial charge < -0.3 is 4.57 Å². The molecular weight excluding hydrogens is 488 g/mol. The summed E-state index contributed by atoms with van der Waals surface area (Å²) in [4.78, 5) is 9.80. The molecule has 0 aliphatic rings.